The number of hydrogen-bond acceptors (Lipinski definition) is 11. The molecule has 2 bridgehead atoms. The summed E-state index contributed by atoms with van der Waals surface area (Å²) in [5, 5.41) is 61.1. The van der Waals surface area contributed by atoms with Gasteiger partial charge in [0.05, 0.1) is 31.5 Å². The third-order valence-electron chi connectivity index (χ3n) is 17.2. The van der Waals surface area contributed by atoms with Gasteiger partial charge in [-0.25, -0.2) is 0 Å². The summed E-state index contributed by atoms with van der Waals surface area (Å²) < 4.78 is 13.8. The summed E-state index contributed by atoms with van der Waals surface area (Å²) >= 11 is 0. The van der Waals surface area contributed by atoms with E-state index in [0.717, 1.165) is 72.9 Å². The number of fused-ring (bicyclic) bond motifs is 6. The van der Waals surface area contributed by atoms with Crippen molar-refractivity contribution in [1.82, 2.24) is 10.3 Å². The van der Waals surface area contributed by atoms with Crippen molar-refractivity contribution >= 4 is 21.6 Å². The smallest absolute Gasteiger partial charge is 0.161 e. The van der Waals surface area contributed by atoms with Gasteiger partial charge in [-0.1, -0.05) is 84.3 Å². The summed E-state index contributed by atoms with van der Waals surface area (Å²) in [5.41, 5.74) is 13.4. The van der Waals surface area contributed by atoms with Crippen LogP contribution in [-0.2, 0) is 17.6 Å². The predicted octanol–water partition coefficient (Wildman–Crippen LogP) is 7.91. The first kappa shape index (κ1) is 47.1. The summed E-state index contributed by atoms with van der Waals surface area (Å²) in [6.45, 7) is 5.16. The Kier molecular flexibility index (Phi) is 14.7. The van der Waals surface area contributed by atoms with Crippen molar-refractivity contribution in [3.05, 3.63) is 82.0 Å². The van der Waals surface area contributed by atoms with Crippen molar-refractivity contribution < 1.29 is 35.0 Å². The van der Waals surface area contributed by atoms with E-state index in [1.807, 2.05) is 24.4 Å². The second-order valence-corrected chi connectivity index (χ2v) is 23.0. The van der Waals surface area contributed by atoms with Gasteiger partial charge in [-0.2, -0.15) is 0 Å². The van der Waals surface area contributed by atoms with Crippen LogP contribution in [0.25, 0.3) is 0 Å². The molecule has 9 rings (SSSR count). The van der Waals surface area contributed by atoms with Crippen LogP contribution < -0.4 is 15.8 Å². The molecule has 1 aromatic heterocycles. The van der Waals surface area contributed by atoms with Crippen molar-refractivity contribution in [2.75, 3.05) is 37.9 Å². The average Bonchev–Trinajstić information content (AvgIpc) is 3.96. The van der Waals surface area contributed by atoms with Gasteiger partial charge in [-0.15, -0.1) is 0 Å². The van der Waals surface area contributed by atoms with E-state index >= 15 is 0 Å². The maximum absolute atomic E-state index is 12.8. The number of aliphatic hydroxyl groups is 4. The van der Waals surface area contributed by atoms with E-state index in [2.05, 4.69) is 54.2 Å². The first-order valence-corrected chi connectivity index (χ1v) is 27.4. The highest BCUT2D eigenvalue weighted by Gasteiger charge is 2.56. The second kappa shape index (κ2) is 20.3. The van der Waals surface area contributed by atoms with Crippen molar-refractivity contribution in [2.45, 2.75) is 134 Å². The van der Waals surface area contributed by atoms with Gasteiger partial charge in [0.25, 0.3) is 0 Å². The zero-order chi connectivity index (χ0) is 45.3. The Morgan fingerprint density at radius 2 is 1.88 bits per heavy atom. The van der Waals surface area contributed by atoms with E-state index in [1.54, 1.807) is 21.6 Å². The Balaban J connectivity index is 1.11. The lowest BCUT2D eigenvalue weighted by molar-refractivity contribution is -0.0934. The number of allylic oxidation sites excluding steroid dienone is 3. The number of hydrogen-bond donors (Lipinski definition) is 8. The molecule has 0 radical (unpaired) electrons. The molecule has 1 saturated heterocycles. The number of dihydropyridines is 1. The molecular weight excluding hydrogens is 855 g/mol. The Hall–Kier alpha value is -3.02. The van der Waals surface area contributed by atoms with Gasteiger partial charge in [0.15, 0.2) is 11.5 Å². The monoisotopic (exact) mass is 927 g/mol. The lowest BCUT2D eigenvalue weighted by Gasteiger charge is -2.46. The van der Waals surface area contributed by atoms with Gasteiger partial charge in [-0.3, -0.25) is 0 Å². The molecule has 2 aromatic rings. The van der Waals surface area contributed by atoms with Crippen LogP contribution >= 0.6 is 21.6 Å². The number of aromatic amines is 1. The fraction of sp³-hybridized carbons (Fsp3) is 0.660. The first-order chi connectivity index (χ1) is 31.6. The number of H-pyrrole nitrogens is 1. The summed E-state index contributed by atoms with van der Waals surface area (Å²) in [6.07, 6.45) is 17.3. The normalized spacial score (nSPS) is 35.7. The molecule has 354 valence electrons. The molecular formula is C53H73N3O7S2. The van der Waals surface area contributed by atoms with Crippen LogP contribution in [0.15, 0.2) is 65.2 Å². The number of aromatic nitrogens is 1. The van der Waals surface area contributed by atoms with E-state index < -0.39 is 24.2 Å². The minimum Gasteiger partial charge on any atom is -0.504 e. The second-order valence-electron chi connectivity index (χ2n) is 20.5. The van der Waals surface area contributed by atoms with Crippen LogP contribution in [0, 0.1) is 58.2 Å². The Morgan fingerprint density at radius 1 is 1.03 bits per heavy atom. The molecule has 10 nitrogen and oxygen atoms in total. The fourth-order valence-corrected chi connectivity index (χ4v) is 16.4. The van der Waals surface area contributed by atoms with Gasteiger partial charge >= 0.3 is 0 Å². The number of aromatic hydroxyl groups is 1. The third kappa shape index (κ3) is 9.18. The molecule has 5 aliphatic carbocycles. The van der Waals surface area contributed by atoms with Crippen LogP contribution in [0.1, 0.15) is 114 Å². The van der Waals surface area contributed by atoms with E-state index in [0.29, 0.717) is 48.9 Å². The van der Waals surface area contributed by atoms with Crippen LogP contribution in [0.4, 0.5) is 0 Å². The standard InChI is InChI=1S/C53H73N3O7S2/c1-3-32-21-35-24-44(59)46(63-47-25-36(22-38-10-8-17-55-38)39-12-18-56-51(54)43(39)31-65-64-30-37(29-58)49(47)61)27-41(35)42-26-45(60)48-33(23-40(32)42)11-16-52(4-2)15-7-9-34(50(48)62-20-19-57)28-53(52)13-5-6-14-53/h8,10,12,17,23-24,27,32-34,36-37,42,45,47-50,55-61H,3-7,9,13-15,18-22,25-26,28-31,54H2,1-2H3/t32-,33-,34-,36-,37-,42-,45+,47+,48+,49+,50-,52-/m0/s1. The first-order valence-electron chi connectivity index (χ1n) is 24.9. The van der Waals surface area contributed by atoms with Crippen LogP contribution in [0.3, 0.4) is 0 Å². The molecule has 0 unspecified atom stereocenters. The molecule has 9 N–H and O–H groups in total. The zero-order valence-electron chi connectivity index (χ0n) is 38.5. The number of rotatable bonds is 10. The summed E-state index contributed by atoms with van der Waals surface area (Å²) in [6, 6.07) is 7.91. The quantitative estimate of drug-likeness (QED) is 0.0661. The summed E-state index contributed by atoms with van der Waals surface area (Å²) in [7, 11) is 3.29. The maximum atomic E-state index is 12.8. The van der Waals surface area contributed by atoms with Crippen LogP contribution in [0.5, 0.6) is 11.5 Å². The number of benzene rings is 1. The average molecular weight is 928 g/mol. The van der Waals surface area contributed by atoms with E-state index in [9.17, 15) is 25.5 Å². The molecule has 12 atom stereocenters. The van der Waals surface area contributed by atoms with Crippen LogP contribution in [0.2, 0.25) is 0 Å². The fourth-order valence-electron chi connectivity index (χ4n) is 13.8. The highest BCUT2D eigenvalue weighted by Crippen LogP contribution is 2.63. The molecule has 1 spiro atoms. The molecule has 0 amide bonds. The Morgan fingerprint density at radius 3 is 2.63 bits per heavy atom. The molecule has 65 heavy (non-hydrogen) atoms. The van der Waals surface area contributed by atoms with Gasteiger partial charge in [-0.05, 0) is 135 Å². The minimum atomic E-state index is -1.02. The Bertz CT molecular complexity index is 2140. The zero-order valence-corrected chi connectivity index (χ0v) is 40.1. The highest BCUT2D eigenvalue weighted by molar-refractivity contribution is 8.76. The topological polar surface area (TPSA) is 173 Å². The largest absolute Gasteiger partial charge is 0.504 e. The summed E-state index contributed by atoms with van der Waals surface area (Å²) in [5.74, 6) is 9.53. The molecule has 3 fully saturated rings. The third-order valence-corrected chi connectivity index (χ3v) is 19.6. The number of nitrogens with two attached hydrogens (primary N) is 1. The van der Waals surface area contributed by atoms with Crippen molar-refractivity contribution in [2.24, 2.45) is 52.1 Å². The summed E-state index contributed by atoms with van der Waals surface area (Å²) in [4.78, 5) is 3.38. The van der Waals surface area contributed by atoms with Crippen molar-refractivity contribution in [1.29, 1.82) is 0 Å². The SMILES string of the molecule is CC[C@H]1Cc2cc(O)c(O[C@@H]3C[C@H](Cc4ccc[nH]4)C4=CCNC(N)=C4CSSC[C@H](CO)[C@H]3O)cc2[C@H]2C[C@@H](O)[C@@H]3[C@@H](OCCO)[C@H]4CCC[C@@](CC)(C#C[C@H]3C=C12)C1(CCCC1)C4. The number of phenols is 1. The van der Waals surface area contributed by atoms with Gasteiger partial charge in [0.1, 0.15) is 11.9 Å². The molecule has 12 heteroatoms. The van der Waals surface area contributed by atoms with E-state index in [-0.39, 0.29) is 78.0 Å². The van der Waals surface area contributed by atoms with Gasteiger partial charge in [0.2, 0.25) is 0 Å². The number of aliphatic hydroxyl groups excluding tert-OH is 4. The molecule has 3 heterocycles. The highest BCUT2D eigenvalue weighted by atomic mass is 33.1. The van der Waals surface area contributed by atoms with E-state index in [1.165, 1.54) is 31.3 Å². The van der Waals surface area contributed by atoms with Gasteiger partial charge in [0, 0.05) is 71.2 Å². The molecule has 7 aliphatic rings. The molecule has 1 aromatic carbocycles. The molecule has 2 saturated carbocycles. The number of ether oxygens (including phenoxy) is 2. The lowest BCUT2D eigenvalue weighted by Crippen LogP contribution is -2.44. The number of nitrogens with one attached hydrogen (secondary N) is 2. The lowest BCUT2D eigenvalue weighted by atomic mass is 9.57. The minimum absolute atomic E-state index is 0.0261. The van der Waals surface area contributed by atoms with Crippen LogP contribution in [-0.4, -0.2) is 92.8 Å². The van der Waals surface area contributed by atoms with Gasteiger partial charge < -0.3 is 51.0 Å². The maximum Gasteiger partial charge on any atom is 0.161 e. The Labute approximate surface area is 394 Å². The molecule has 2 aliphatic heterocycles. The predicted molar refractivity (Wildman–Crippen MR) is 260 cm³/mol. The number of phenolic OH excluding ortho intramolecular Hbond substituents is 1. The van der Waals surface area contributed by atoms with E-state index in [4.69, 9.17) is 15.2 Å². The van der Waals surface area contributed by atoms with Crippen molar-refractivity contribution in [3.63, 3.8) is 0 Å². The van der Waals surface area contributed by atoms with Crippen molar-refractivity contribution in [3.8, 4) is 23.3 Å².